The van der Waals surface area contributed by atoms with Gasteiger partial charge in [-0.1, -0.05) is 19.9 Å². The fraction of sp³-hybridized carbons (Fsp3) is 0.600. The molecule has 0 fully saturated rings. The minimum Gasteiger partial charge on any atom is -0.395 e. The Bertz CT molecular complexity index is 446. The molecule has 1 aromatic carbocycles. The molecule has 2 N–H and O–H groups in total. The Hall–Kier alpha value is -1.66. The zero-order chi connectivity index (χ0) is 15.7. The first kappa shape index (κ1) is 17.4. The summed E-state index contributed by atoms with van der Waals surface area (Å²) in [6, 6.07) is 5.18. The number of hydrogen-bond acceptors (Lipinski definition) is 5. The van der Waals surface area contributed by atoms with Crippen LogP contribution < -0.4 is 5.32 Å². The summed E-state index contributed by atoms with van der Waals surface area (Å²) < 4.78 is 0. The van der Waals surface area contributed by atoms with Crippen molar-refractivity contribution in [3.63, 3.8) is 0 Å². The summed E-state index contributed by atoms with van der Waals surface area (Å²) in [4.78, 5) is 12.8. The third-order valence-corrected chi connectivity index (χ3v) is 3.19. The van der Waals surface area contributed by atoms with Crippen molar-refractivity contribution in [1.29, 1.82) is 0 Å². The van der Waals surface area contributed by atoms with E-state index in [1.54, 1.807) is 12.1 Å². The minimum atomic E-state index is -0.362. The summed E-state index contributed by atoms with van der Waals surface area (Å²) in [5.74, 6) is 0. The predicted octanol–water partition coefficient (Wildman–Crippen LogP) is 2.62. The second-order valence-electron chi connectivity index (χ2n) is 5.04. The number of nitrogens with one attached hydrogen (secondary N) is 1. The molecule has 0 saturated heterocycles. The Morgan fingerprint density at radius 1 is 1.29 bits per heavy atom. The Balaban J connectivity index is 2.89. The van der Waals surface area contributed by atoms with Crippen molar-refractivity contribution in [2.75, 3.05) is 31.6 Å². The van der Waals surface area contributed by atoms with E-state index in [2.05, 4.69) is 17.1 Å². The highest BCUT2D eigenvalue weighted by atomic mass is 16.6. The summed E-state index contributed by atoms with van der Waals surface area (Å²) in [6.07, 6.45) is 1.92. The molecule has 118 valence electrons. The predicted molar refractivity (Wildman–Crippen MR) is 84.5 cm³/mol. The Kier molecular flexibility index (Phi) is 7.71. The number of benzene rings is 1. The SMILES string of the molecule is CCCNc1cc(CN(CCC)CCO)ccc1[N+](=O)[O-]. The van der Waals surface area contributed by atoms with Gasteiger partial charge in [-0.25, -0.2) is 0 Å². The van der Waals surface area contributed by atoms with Gasteiger partial charge in [-0.2, -0.15) is 0 Å². The third-order valence-electron chi connectivity index (χ3n) is 3.19. The molecule has 0 aliphatic heterocycles. The molecule has 0 radical (unpaired) electrons. The van der Waals surface area contributed by atoms with Crippen LogP contribution in [0.25, 0.3) is 0 Å². The highest BCUT2D eigenvalue weighted by Crippen LogP contribution is 2.26. The van der Waals surface area contributed by atoms with Crippen molar-refractivity contribution >= 4 is 11.4 Å². The molecule has 0 bridgehead atoms. The monoisotopic (exact) mass is 295 g/mol. The summed E-state index contributed by atoms with van der Waals surface area (Å²) in [5, 5.41) is 23.2. The third kappa shape index (κ3) is 5.69. The Morgan fingerprint density at radius 3 is 2.62 bits per heavy atom. The van der Waals surface area contributed by atoms with Crippen molar-refractivity contribution < 1.29 is 10.0 Å². The van der Waals surface area contributed by atoms with Crippen LogP contribution in [0.2, 0.25) is 0 Å². The molecule has 0 saturated carbocycles. The summed E-state index contributed by atoms with van der Waals surface area (Å²) in [7, 11) is 0. The lowest BCUT2D eigenvalue weighted by Gasteiger charge is -2.21. The van der Waals surface area contributed by atoms with E-state index in [0.717, 1.165) is 24.9 Å². The van der Waals surface area contributed by atoms with Gasteiger partial charge in [-0.05, 0) is 31.0 Å². The molecule has 0 spiro atoms. The molecule has 1 rings (SSSR count). The molecule has 0 heterocycles. The van der Waals surface area contributed by atoms with E-state index >= 15 is 0 Å². The Morgan fingerprint density at radius 2 is 2.05 bits per heavy atom. The first-order valence-electron chi connectivity index (χ1n) is 7.46. The smallest absolute Gasteiger partial charge is 0.292 e. The molecule has 0 unspecified atom stereocenters. The van der Waals surface area contributed by atoms with Crippen molar-refractivity contribution in [3.05, 3.63) is 33.9 Å². The van der Waals surface area contributed by atoms with Gasteiger partial charge in [0.15, 0.2) is 0 Å². The van der Waals surface area contributed by atoms with Crippen molar-refractivity contribution in [3.8, 4) is 0 Å². The zero-order valence-corrected chi connectivity index (χ0v) is 12.8. The van der Waals surface area contributed by atoms with Gasteiger partial charge in [-0.3, -0.25) is 15.0 Å². The lowest BCUT2D eigenvalue weighted by molar-refractivity contribution is -0.384. The van der Waals surface area contributed by atoms with Crippen LogP contribution in [-0.4, -0.2) is 41.2 Å². The van der Waals surface area contributed by atoms with Crippen molar-refractivity contribution in [1.82, 2.24) is 4.90 Å². The molecule has 0 aromatic heterocycles. The average molecular weight is 295 g/mol. The van der Waals surface area contributed by atoms with E-state index in [1.165, 1.54) is 0 Å². The van der Waals surface area contributed by atoms with E-state index in [1.807, 2.05) is 13.0 Å². The van der Waals surface area contributed by atoms with Crippen LogP contribution in [0.3, 0.4) is 0 Å². The molecule has 6 nitrogen and oxygen atoms in total. The van der Waals surface area contributed by atoms with E-state index in [-0.39, 0.29) is 17.2 Å². The normalized spacial score (nSPS) is 10.9. The number of rotatable bonds is 10. The van der Waals surface area contributed by atoms with Gasteiger partial charge >= 0.3 is 0 Å². The van der Waals surface area contributed by atoms with Crippen molar-refractivity contribution in [2.45, 2.75) is 33.2 Å². The van der Waals surface area contributed by atoms with E-state index in [9.17, 15) is 10.1 Å². The quantitative estimate of drug-likeness (QED) is 0.512. The number of aliphatic hydroxyl groups excluding tert-OH is 1. The van der Waals surface area contributed by atoms with Gasteiger partial charge in [-0.15, -0.1) is 0 Å². The topological polar surface area (TPSA) is 78.6 Å². The molecule has 0 amide bonds. The van der Waals surface area contributed by atoms with Crippen LogP contribution in [0.1, 0.15) is 32.3 Å². The molecule has 0 atom stereocenters. The fourth-order valence-corrected chi connectivity index (χ4v) is 2.23. The van der Waals surface area contributed by atoms with Gasteiger partial charge in [0, 0.05) is 25.7 Å². The largest absolute Gasteiger partial charge is 0.395 e. The van der Waals surface area contributed by atoms with Crippen LogP contribution in [0.5, 0.6) is 0 Å². The molecule has 0 aliphatic carbocycles. The number of aliphatic hydroxyl groups is 1. The number of nitrogens with zero attached hydrogens (tertiary/aromatic N) is 2. The molecule has 21 heavy (non-hydrogen) atoms. The summed E-state index contributed by atoms with van der Waals surface area (Å²) >= 11 is 0. The van der Waals surface area contributed by atoms with Gasteiger partial charge < -0.3 is 10.4 Å². The van der Waals surface area contributed by atoms with Gasteiger partial charge in [0.25, 0.3) is 5.69 Å². The van der Waals surface area contributed by atoms with Crippen LogP contribution in [0.15, 0.2) is 18.2 Å². The lowest BCUT2D eigenvalue weighted by atomic mass is 10.1. The molecule has 0 aliphatic rings. The standard InChI is InChI=1S/C15H25N3O3/c1-3-7-16-14-11-13(5-6-15(14)18(20)21)12-17(8-4-2)9-10-19/h5-6,11,16,19H,3-4,7-10,12H2,1-2H3. The van der Waals surface area contributed by atoms with Crippen LogP contribution in [0, 0.1) is 10.1 Å². The lowest BCUT2D eigenvalue weighted by Crippen LogP contribution is -2.27. The van der Waals surface area contributed by atoms with Gasteiger partial charge in [0.05, 0.1) is 11.5 Å². The first-order valence-corrected chi connectivity index (χ1v) is 7.46. The van der Waals surface area contributed by atoms with Crippen LogP contribution >= 0.6 is 0 Å². The maximum absolute atomic E-state index is 11.0. The van der Waals surface area contributed by atoms with Gasteiger partial charge in [0.2, 0.25) is 0 Å². The molecule has 6 heteroatoms. The second kappa shape index (κ2) is 9.31. The fourth-order valence-electron chi connectivity index (χ4n) is 2.23. The Labute approximate surface area is 125 Å². The van der Waals surface area contributed by atoms with E-state index < -0.39 is 0 Å². The van der Waals surface area contributed by atoms with Crippen LogP contribution in [-0.2, 0) is 6.54 Å². The van der Waals surface area contributed by atoms with E-state index in [0.29, 0.717) is 25.3 Å². The van der Waals surface area contributed by atoms with Crippen molar-refractivity contribution in [2.24, 2.45) is 0 Å². The molecule has 1 aromatic rings. The molecular formula is C15H25N3O3. The van der Waals surface area contributed by atoms with Crippen LogP contribution in [0.4, 0.5) is 11.4 Å². The average Bonchev–Trinajstić information content (AvgIpc) is 2.45. The van der Waals surface area contributed by atoms with Gasteiger partial charge in [0.1, 0.15) is 5.69 Å². The second-order valence-corrected chi connectivity index (χ2v) is 5.04. The highest BCUT2D eigenvalue weighted by Gasteiger charge is 2.14. The maximum atomic E-state index is 11.0. The summed E-state index contributed by atoms with van der Waals surface area (Å²) in [6.45, 7) is 7.14. The van der Waals surface area contributed by atoms with E-state index in [4.69, 9.17) is 5.11 Å². The first-order chi connectivity index (χ1) is 10.1. The number of hydrogen-bond donors (Lipinski definition) is 2. The molecular weight excluding hydrogens is 270 g/mol. The number of anilines is 1. The summed E-state index contributed by atoms with van der Waals surface area (Å²) in [5.41, 5.74) is 1.69. The zero-order valence-electron chi connectivity index (χ0n) is 12.8. The number of nitro groups is 1. The number of nitro benzene ring substituents is 1. The maximum Gasteiger partial charge on any atom is 0.292 e. The minimum absolute atomic E-state index is 0.108. The highest BCUT2D eigenvalue weighted by molar-refractivity contribution is 5.62.